The van der Waals surface area contributed by atoms with Crippen LogP contribution in [0.2, 0.25) is 0 Å². The van der Waals surface area contributed by atoms with Gasteiger partial charge in [0, 0.05) is 67.5 Å². The van der Waals surface area contributed by atoms with Crippen LogP contribution in [-0.4, -0.2) is 131 Å². The topological polar surface area (TPSA) is 231 Å². The van der Waals surface area contributed by atoms with E-state index < -0.39 is 18.1 Å². The van der Waals surface area contributed by atoms with Gasteiger partial charge in [-0.15, -0.1) is 21.5 Å². The van der Waals surface area contributed by atoms with Crippen LogP contribution in [0.15, 0.2) is 83.1 Å². The van der Waals surface area contributed by atoms with Crippen LogP contribution in [0.3, 0.4) is 0 Å². The molecular formula is C58H73N11O7S. The summed E-state index contributed by atoms with van der Waals surface area (Å²) in [6.07, 6.45) is 9.94. The Kier molecular flexibility index (Phi) is 16.4. The number of rotatable bonds is 18. The van der Waals surface area contributed by atoms with Crippen molar-refractivity contribution in [2.45, 2.75) is 116 Å². The molecule has 4 aromatic heterocycles. The van der Waals surface area contributed by atoms with Crippen molar-refractivity contribution in [3.63, 3.8) is 0 Å². The number of nitrogen functional groups attached to an aromatic ring is 1. The molecule has 0 radical (unpaired) electrons. The Labute approximate surface area is 454 Å². The number of aromatic hydroxyl groups is 1. The van der Waals surface area contributed by atoms with Crippen molar-refractivity contribution in [2.24, 2.45) is 29.6 Å². The number of thiazole rings is 1. The number of nitrogens with zero attached hydrogens (tertiary/aromatic N) is 9. The van der Waals surface area contributed by atoms with Crippen LogP contribution in [0, 0.1) is 36.5 Å². The number of benzene rings is 2. The summed E-state index contributed by atoms with van der Waals surface area (Å²) >= 11 is 1.59. The third-order valence-electron chi connectivity index (χ3n) is 16.8. The molecule has 408 valence electrons. The van der Waals surface area contributed by atoms with Gasteiger partial charge in [-0.3, -0.25) is 19.1 Å². The third kappa shape index (κ3) is 12.1. The quantitative estimate of drug-likeness (QED) is 0.0635. The number of likely N-dealkylation sites (tertiary alicyclic amines) is 3. The first-order valence-corrected chi connectivity index (χ1v) is 28.4. The molecule has 2 aromatic carbocycles. The number of aromatic nitrogens is 6. The second-order valence-corrected chi connectivity index (χ2v) is 23.2. The summed E-state index contributed by atoms with van der Waals surface area (Å²) in [5.41, 5.74) is 13.8. The highest BCUT2D eigenvalue weighted by Crippen LogP contribution is 2.40. The molecule has 3 amide bonds. The normalized spacial score (nSPS) is 21.7. The van der Waals surface area contributed by atoms with Crippen molar-refractivity contribution in [1.29, 1.82) is 0 Å². The summed E-state index contributed by atoms with van der Waals surface area (Å²) in [7, 11) is 0. The first-order chi connectivity index (χ1) is 37.2. The number of aliphatic hydroxyl groups excluding tert-OH is 1. The Bertz CT molecular complexity index is 2990. The molecule has 3 aliphatic heterocycles. The number of carbonyl (C=O) groups is 3. The van der Waals surface area contributed by atoms with E-state index in [9.17, 15) is 24.6 Å². The summed E-state index contributed by atoms with van der Waals surface area (Å²) in [5.74, 6) is 1.49. The van der Waals surface area contributed by atoms with Gasteiger partial charge < -0.3 is 45.2 Å². The summed E-state index contributed by atoms with van der Waals surface area (Å²) in [5, 5.41) is 41.5. The molecule has 18 nitrogen and oxygen atoms in total. The van der Waals surface area contributed by atoms with E-state index in [2.05, 4.69) is 42.4 Å². The van der Waals surface area contributed by atoms with Gasteiger partial charge in [-0.25, -0.2) is 4.98 Å². The molecule has 1 aliphatic carbocycles. The predicted octanol–water partition coefficient (Wildman–Crippen LogP) is 8.30. The minimum absolute atomic E-state index is 0.0503. The smallest absolute Gasteiger partial charge is 0.254 e. The maximum Gasteiger partial charge on any atom is 0.254 e. The largest absolute Gasteiger partial charge is 0.507 e. The van der Waals surface area contributed by atoms with Crippen molar-refractivity contribution in [1.82, 2.24) is 50.1 Å². The summed E-state index contributed by atoms with van der Waals surface area (Å²) in [6.45, 7) is 15.1. The fourth-order valence-electron chi connectivity index (χ4n) is 12.1. The molecule has 5 N–H and O–H groups in total. The van der Waals surface area contributed by atoms with Crippen molar-refractivity contribution >= 4 is 34.9 Å². The molecule has 6 aromatic rings. The number of carbonyl (C=O) groups excluding carboxylic acids is 3. The van der Waals surface area contributed by atoms with E-state index in [1.807, 2.05) is 86.7 Å². The lowest BCUT2D eigenvalue weighted by Crippen LogP contribution is -2.48. The van der Waals surface area contributed by atoms with Crippen LogP contribution < -0.4 is 15.8 Å². The van der Waals surface area contributed by atoms with Crippen LogP contribution in [-0.2, 0) is 14.4 Å². The Morgan fingerprint density at radius 3 is 2.38 bits per heavy atom. The third-order valence-corrected chi connectivity index (χ3v) is 17.8. The average Bonchev–Trinajstić information content (AvgIpc) is 4.28. The average molecular weight is 1070 g/mol. The SMILES string of the molecule is Cc1ncsc1-c1ccc([C@H](C)NC(=O)[C@@H]2C[C@@H](O)CN2C(=O)[C@H](c2cc(OCCC3CCN(C(=O)C4CC(CN5CCC([C@@H](C)n6cc(-c7cc(-c8ccccc8O)nnc7N)cn6)CC5)C4)CC3)no2)C(C)C)cc1. The second-order valence-electron chi connectivity index (χ2n) is 22.4. The summed E-state index contributed by atoms with van der Waals surface area (Å²) in [6, 6.07) is 17.7. The molecule has 0 unspecified atom stereocenters. The fraction of sp³-hybridized carbons (Fsp3) is 0.517. The minimum atomic E-state index is -0.832. The van der Waals surface area contributed by atoms with Gasteiger partial charge in [-0.2, -0.15) is 5.10 Å². The molecule has 4 fully saturated rings. The maximum atomic E-state index is 14.2. The Morgan fingerprint density at radius 2 is 1.66 bits per heavy atom. The van der Waals surface area contributed by atoms with E-state index in [0.29, 0.717) is 59.0 Å². The lowest BCUT2D eigenvalue weighted by Gasteiger charge is -2.43. The molecular weight excluding hydrogens is 995 g/mol. The van der Waals surface area contributed by atoms with Gasteiger partial charge in [-0.1, -0.05) is 50.2 Å². The Balaban J connectivity index is 0.624. The molecule has 3 saturated heterocycles. The van der Waals surface area contributed by atoms with Gasteiger partial charge in [0.15, 0.2) is 11.6 Å². The highest BCUT2D eigenvalue weighted by Gasteiger charge is 2.44. The molecule has 0 bridgehead atoms. The molecule has 7 heterocycles. The van der Waals surface area contributed by atoms with E-state index in [0.717, 1.165) is 110 Å². The predicted molar refractivity (Wildman–Crippen MR) is 293 cm³/mol. The van der Waals surface area contributed by atoms with Gasteiger partial charge in [0.1, 0.15) is 17.7 Å². The lowest BCUT2D eigenvalue weighted by atomic mass is 9.73. The molecule has 4 aliphatic rings. The lowest BCUT2D eigenvalue weighted by molar-refractivity contribution is -0.142. The van der Waals surface area contributed by atoms with E-state index in [4.69, 9.17) is 20.1 Å². The number of β-amino-alcohol motifs (C(OH)–C–C–N with tert-alkyl or cyclic N) is 1. The number of hydrogen-bond acceptors (Lipinski definition) is 15. The number of nitrogens with one attached hydrogen (secondary N) is 1. The van der Waals surface area contributed by atoms with Crippen molar-refractivity contribution in [3.8, 4) is 44.5 Å². The number of phenols is 1. The molecule has 5 atom stereocenters. The molecule has 10 rings (SSSR count). The number of amides is 3. The monoisotopic (exact) mass is 1070 g/mol. The van der Waals surface area contributed by atoms with Crippen molar-refractivity contribution in [3.05, 3.63) is 95.6 Å². The van der Waals surface area contributed by atoms with Crippen LogP contribution >= 0.6 is 11.3 Å². The first-order valence-electron chi connectivity index (χ1n) is 27.5. The highest BCUT2D eigenvalue weighted by atomic mass is 32.1. The number of nitrogens with two attached hydrogens (primary N) is 1. The van der Waals surface area contributed by atoms with Crippen LogP contribution in [0.1, 0.15) is 114 Å². The Hall–Kier alpha value is -6.70. The number of piperidine rings is 2. The van der Waals surface area contributed by atoms with E-state index in [-0.39, 0.29) is 54.4 Å². The van der Waals surface area contributed by atoms with Gasteiger partial charge in [-0.05, 0) is 137 Å². The number of phenolic OH excluding ortho intramolecular Hbond substituents is 1. The van der Waals surface area contributed by atoms with Crippen LogP contribution in [0.25, 0.3) is 32.8 Å². The van der Waals surface area contributed by atoms with Gasteiger partial charge >= 0.3 is 0 Å². The van der Waals surface area contributed by atoms with Crippen molar-refractivity contribution < 1.29 is 33.9 Å². The number of aryl methyl sites for hydroxylation is 1. The second kappa shape index (κ2) is 23.5. The number of ether oxygens (including phenoxy) is 1. The number of hydrogen-bond donors (Lipinski definition) is 4. The zero-order valence-corrected chi connectivity index (χ0v) is 45.6. The standard InChI is InChI=1S/C58H73N11O7S/c1-34(2)53(58(74)68-32-45(70)26-49(68)56(72)62-35(3)40-10-12-42(13-11-40)54-36(4)60-33-77-54)51-28-52(65-76-51)75-23-18-38-14-21-67(22-15-38)57(73)43-24-39(25-43)30-66-19-16-41(17-20-66)37(5)69-31-44(29-61-69)47-27-48(63-64-55(47)59)46-8-6-7-9-50(46)71/h6-13,27-29,31,33-35,37-39,41,43,45,49,53,70-71H,14-26,30,32H2,1-5H3,(H2,59,64)(H,62,72)/t35-,37+,39?,43?,45+,49-,53-/m0/s1. The maximum absolute atomic E-state index is 14.2. The number of para-hydroxylation sites is 1. The first kappa shape index (κ1) is 53.7. The summed E-state index contributed by atoms with van der Waals surface area (Å²) in [4.78, 5) is 53.2. The van der Waals surface area contributed by atoms with E-state index in [1.165, 1.54) is 4.90 Å². The van der Waals surface area contributed by atoms with E-state index in [1.54, 1.807) is 35.6 Å². The molecule has 19 heteroatoms. The zero-order valence-electron chi connectivity index (χ0n) is 44.8. The van der Waals surface area contributed by atoms with Gasteiger partial charge in [0.25, 0.3) is 5.88 Å². The zero-order chi connectivity index (χ0) is 53.9. The molecule has 77 heavy (non-hydrogen) atoms. The van der Waals surface area contributed by atoms with Crippen molar-refractivity contribution in [2.75, 3.05) is 51.6 Å². The minimum Gasteiger partial charge on any atom is -0.507 e. The Morgan fingerprint density at radius 1 is 0.909 bits per heavy atom. The molecule has 0 spiro atoms. The summed E-state index contributed by atoms with van der Waals surface area (Å²) < 4.78 is 13.8. The highest BCUT2D eigenvalue weighted by molar-refractivity contribution is 7.13. The van der Waals surface area contributed by atoms with Crippen LogP contribution in [0.4, 0.5) is 5.82 Å². The van der Waals surface area contributed by atoms with E-state index >= 15 is 0 Å². The number of anilines is 1. The number of aliphatic hydroxyl groups is 1. The van der Waals surface area contributed by atoms with Gasteiger partial charge in [0.05, 0.1) is 52.8 Å². The van der Waals surface area contributed by atoms with Gasteiger partial charge in [0.2, 0.25) is 17.7 Å². The molecule has 1 saturated carbocycles. The van der Waals surface area contributed by atoms with Crippen LogP contribution in [0.5, 0.6) is 11.6 Å². The fourth-order valence-corrected chi connectivity index (χ4v) is 12.9.